The molecule has 0 radical (unpaired) electrons. The summed E-state index contributed by atoms with van der Waals surface area (Å²) in [7, 11) is 1.96. The van der Waals surface area contributed by atoms with Gasteiger partial charge < -0.3 is 0 Å². The van der Waals surface area contributed by atoms with Crippen molar-refractivity contribution in [2.45, 2.75) is 65.2 Å². The lowest BCUT2D eigenvalue weighted by molar-refractivity contribution is 0.0606. The van der Waals surface area contributed by atoms with E-state index in [1.165, 1.54) is 77.5 Å². The largest absolute Gasteiger partial charge is 0.344 e. The molecule has 0 amide bonds. The van der Waals surface area contributed by atoms with Gasteiger partial charge in [0.1, 0.15) is 0 Å². The van der Waals surface area contributed by atoms with Crippen molar-refractivity contribution in [2.24, 2.45) is 35.5 Å². The van der Waals surface area contributed by atoms with Gasteiger partial charge >= 0.3 is 11.5 Å². The fourth-order valence-electron chi connectivity index (χ4n) is 6.64. The molecule has 0 bridgehead atoms. The maximum absolute atomic E-state index is 6.17. The van der Waals surface area contributed by atoms with Crippen LogP contribution in [0.2, 0.25) is 0 Å². The van der Waals surface area contributed by atoms with Gasteiger partial charge in [-0.15, -0.1) is 4.18 Å². The molecule has 3 nitrogen and oxygen atoms in total. The Balaban J connectivity index is 1.44. The van der Waals surface area contributed by atoms with E-state index in [1.54, 1.807) is 0 Å². The number of nitrogens with zero attached hydrogens (tertiary/aromatic N) is 2. The number of rotatable bonds is 3. The second kappa shape index (κ2) is 8.08. The Morgan fingerprint density at radius 2 is 1.12 bits per heavy atom. The van der Waals surface area contributed by atoms with Gasteiger partial charge in [-0.05, 0) is 61.2 Å². The van der Waals surface area contributed by atoms with Crippen molar-refractivity contribution in [2.75, 3.05) is 33.3 Å². The molecule has 4 heteroatoms. The molecule has 4 aliphatic rings. The Kier molecular flexibility index (Phi) is 6.01. The molecule has 0 spiro atoms. The minimum Gasteiger partial charge on any atom is -0.137 e. The van der Waals surface area contributed by atoms with E-state index >= 15 is 0 Å². The summed E-state index contributed by atoms with van der Waals surface area (Å²) in [5.74, 6) is 5.49. The highest BCUT2D eigenvalue weighted by molar-refractivity contribution is 7.87. The van der Waals surface area contributed by atoms with Crippen LogP contribution in [-0.2, 0) is 15.7 Å². The summed E-state index contributed by atoms with van der Waals surface area (Å²) in [6, 6.07) is 0. The SMILES string of the molecule is CO[S+](N1CC(C)C2CCCCC2C1)N1CC(C)C2CCCCC2C1. The van der Waals surface area contributed by atoms with Crippen LogP contribution in [0.1, 0.15) is 65.2 Å². The van der Waals surface area contributed by atoms with Gasteiger partial charge in [0.05, 0.1) is 33.3 Å². The molecule has 4 fully saturated rings. The molecule has 6 unspecified atom stereocenters. The third-order valence-electron chi connectivity index (χ3n) is 7.85. The first kappa shape index (κ1) is 18.6. The quantitative estimate of drug-likeness (QED) is 0.683. The van der Waals surface area contributed by atoms with Crippen LogP contribution in [0, 0.1) is 35.5 Å². The predicted octanol–water partition coefficient (Wildman–Crippen LogP) is 4.51. The van der Waals surface area contributed by atoms with Gasteiger partial charge in [0.2, 0.25) is 0 Å². The fourth-order valence-corrected chi connectivity index (χ4v) is 8.75. The topological polar surface area (TPSA) is 15.7 Å². The summed E-state index contributed by atoms with van der Waals surface area (Å²) in [6.45, 7) is 10.1. The highest BCUT2D eigenvalue weighted by Crippen LogP contribution is 2.43. The van der Waals surface area contributed by atoms with Crippen molar-refractivity contribution < 1.29 is 4.18 Å². The molecule has 2 heterocycles. The van der Waals surface area contributed by atoms with Crippen molar-refractivity contribution >= 4 is 11.5 Å². The Hall–Kier alpha value is 0.230. The summed E-state index contributed by atoms with van der Waals surface area (Å²) in [5, 5.41) is 0. The lowest BCUT2D eigenvalue weighted by Gasteiger charge is -2.46. The number of fused-ring (bicyclic) bond motifs is 2. The van der Waals surface area contributed by atoms with E-state index in [1.807, 2.05) is 7.11 Å². The summed E-state index contributed by atoms with van der Waals surface area (Å²) in [4.78, 5) is 0. The van der Waals surface area contributed by atoms with Crippen molar-refractivity contribution in [1.82, 2.24) is 8.61 Å². The van der Waals surface area contributed by atoms with Crippen molar-refractivity contribution in [3.63, 3.8) is 0 Å². The van der Waals surface area contributed by atoms with E-state index in [0.29, 0.717) is 0 Å². The van der Waals surface area contributed by atoms with Crippen LogP contribution < -0.4 is 0 Å². The van der Waals surface area contributed by atoms with Gasteiger partial charge in [-0.3, -0.25) is 0 Å². The molecule has 0 aromatic carbocycles. The zero-order valence-electron chi connectivity index (χ0n) is 16.7. The molecule has 2 aliphatic carbocycles. The Labute approximate surface area is 158 Å². The molecule has 0 N–H and O–H groups in total. The first-order valence-corrected chi connectivity index (χ1v) is 12.0. The molecule has 4 rings (SSSR count). The van der Waals surface area contributed by atoms with Gasteiger partial charge in [0.25, 0.3) is 0 Å². The lowest BCUT2D eigenvalue weighted by atomic mass is 9.71. The molecular formula is C21H39N2OS+. The van der Waals surface area contributed by atoms with E-state index in [4.69, 9.17) is 4.18 Å². The Morgan fingerprint density at radius 3 is 1.56 bits per heavy atom. The minimum atomic E-state index is -0.109. The number of hydrogen-bond donors (Lipinski definition) is 0. The summed E-state index contributed by atoms with van der Waals surface area (Å²) in [5.41, 5.74) is 0. The van der Waals surface area contributed by atoms with Gasteiger partial charge in [-0.25, -0.2) is 0 Å². The summed E-state index contributed by atoms with van der Waals surface area (Å²) in [6.07, 6.45) is 11.7. The average Bonchev–Trinajstić information content (AvgIpc) is 2.63. The third kappa shape index (κ3) is 3.79. The van der Waals surface area contributed by atoms with Gasteiger partial charge in [0.15, 0.2) is 0 Å². The monoisotopic (exact) mass is 367 g/mol. The average molecular weight is 368 g/mol. The number of piperidine rings is 2. The van der Waals surface area contributed by atoms with Crippen molar-refractivity contribution in [3.8, 4) is 0 Å². The predicted molar refractivity (Wildman–Crippen MR) is 107 cm³/mol. The van der Waals surface area contributed by atoms with E-state index in [-0.39, 0.29) is 11.5 Å². The van der Waals surface area contributed by atoms with Crippen LogP contribution in [0.15, 0.2) is 0 Å². The normalized spacial score (nSPS) is 44.8. The number of hydrogen-bond acceptors (Lipinski definition) is 3. The molecule has 0 aromatic heterocycles. The molecule has 25 heavy (non-hydrogen) atoms. The van der Waals surface area contributed by atoms with Gasteiger partial charge in [-0.2, -0.15) is 0 Å². The lowest BCUT2D eigenvalue weighted by Crippen LogP contribution is -2.57. The van der Waals surface area contributed by atoms with Crippen LogP contribution in [0.5, 0.6) is 0 Å². The van der Waals surface area contributed by atoms with Crippen molar-refractivity contribution in [1.29, 1.82) is 0 Å². The van der Waals surface area contributed by atoms with Crippen molar-refractivity contribution in [3.05, 3.63) is 0 Å². The smallest absolute Gasteiger partial charge is 0.137 e. The molecule has 2 saturated heterocycles. The molecule has 2 aliphatic heterocycles. The summed E-state index contributed by atoms with van der Waals surface area (Å²) < 4.78 is 11.6. The summed E-state index contributed by atoms with van der Waals surface area (Å²) >= 11 is -0.109. The first-order chi connectivity index (χ1) is 12.2. The minimum absolute atomic E-state index is 0.109. The van der Waals surface area contributed by atoms with E-state index in [0.717, 1.165) is 35.5 Å². The maximum Gasteiger partial charge on any atom is 0.344 e. The standard InChI is InChI=1S/C21H39N2OS/c1-16-12-22(14-18-8-4-6-10-20(16)18)25(24-3)23-13-17(2)21-11-7-5-9-19(21)15-23/h16-21H,4-15H2,1-3H3/q+1. The third-order valence-corrected chi connectivity index (χ3v) is 9.63. The molecule has 0 aromatic rings. The van der Waals surface area contributed by atoms with Crippen LogP contribution in [-0.4, -0.2) is 41.9 Å². The van der Waals surface area contributed by atoms with Crippen LogP contribution >= 0.6 is 0 Å². The molecular weight excluding hydrogens is 328 g/mol. The first-order valence-electron chi connectivity index (χ1n) is 11.0. The van der Waals surface area contributed by atoms with Crippen LogP contribution in [0.25, 0.3) is 0 Å². The maximum atomic E-state index is 6.17. The van der Waals surface area contributed by atoms with E-state index in [2.05, 4.69) is 22.5 Å². The molecule has 6 atom stereocenters. The molecule has 2 saturated carbocycles. The molecule has 144 valence electrons. The highest BCUT2D eigenvalue weighted by Gasteiger charge is 2.50. The van der Waals surface area contributed by atoms with Gasteiger partial charge in [0, 0.05) is 0 Å². The van der Waals surface area contributed by atoms with Gasteiger partial charge in [-0.1, -0.05) is 48.1 Å². The van der Waals surface area contributed by atoms with E-state index in [9.17, 15) is 0 Å². The second-order valence-corrected chi connectivity index (χ2v) is 11.3. The fraction of sp³-hybridized carbons (Fsp3) is 1.00. The Morgan fingerprint density at radius 1 is 0.680 bits per heavy atom. The van der Waals surface area contributed by atoms with Crippen LogP contribution in [0.3, 0.4) is 0 Å². The van der Waals surface area contributed by atoms with E-state index < -0.39 is 0 Å². The Bertz CT molecular complexity index is 410. The highest BCUT2D eigenvalue weighted by atomic mass is 32.2. The zero-order valence-corrected chi connectivity index (χ0v) is 17.5. The second-order valence-electron chi connectivity index (χ2n) is 9.46. The zero-order chi connectivity index (χ0) is 17.4. The van der Waals surface area contributed by atoms with Crippen LogP contribution in [0.4, 0.5) is 0 Å².